The first-order valence-electron chi connectivity index (χ1n) is 9.46. The Morgan fingerprint density at radius 1 is 1.07 bits per heavy atom. The lowest BCUT2D eigenvalue weighted by atomic mass is 9.85. The van der Waals surface area contributed by atoms with Crippen LogP contribution in [0.25, 0.3) is 0 Å². The smallest absolute Gasteiger partial charge is 0.349 e. The molecule has 2 aromatic carbocycles. The number of hydrogen-bond donors (Lipinski definition) is 1. The zero-order chi connectivity index (χ0) is 19.3. The molecular formula is C23H26O3S. The lowest BCUT2D eigenvalue weighted by Gasteiger charge is -2.37. The minimum Gasteiger partial charge on any atom is -0.511 e. The first kappa shape index (κ1) is 19.6. The Hall–Kier alpha value is -2.20. The summed E-state index contributed by atoms with van der Waals surface area (Å²) < 4.78 is 5.95. The Kier molecular flexibility index (Phi) is 6.27. The summed E-state index contributed by atoms with van der Waals surface area (Å²) in [4.78, 5) is 14.0. The second kappa shape index (κ2) is 8.66. The fourth-order valence-electron chi connectivity index (χ4n) is 3.54. The predicted octanol–water partition coefficient (Wildman–Crippen LogP) is 5.98. The molecule has 3 rings (SSSR count). The predicted molar refractivity (Wildman–Crippen MR) is 110 cm³/mol. The van der Waals surface area contributed by atoms with E-state index in [4.69, 9.17) is 4.74 Å². The van der Waals surface area contributed by atoms with Crippen molar-refractivity contribution >= 4 is 17.7 Å². The molecule has 0 saturated carbocycles. The third-order valence-corrected chi connectivity index (χ3v) is 6.25. The van der Waals surface area contributed by atoms with Crippen molar-refractivity contribution in [2.24, 2.45) is 0 Å². The third-order valence-electron chi connectivity index (χ3n) is 4.97. The van der Waals surface area contributed by atoms with Gasteiger partial charge in [-0.15, -0.1) is 0 Å². The molecule has 27 heavy (non-hydrogen) atoms. The molecule has 0 bridgehead atoms. The average molecular weight is 383 g/mol. The summed E-state index contributed by atoms with van der Waals surface area (Å²) >= 11 is 1.30. The van der Waals surface area contributed by atoms with Gasteiger partial charge in [0.2, 0.25) is 0 Å². The number of rotatable bonds is 7. The zero-order valence-electron chi connectivity index (χ0n) is 15.9. The Balaban J connectivity index is 1.79. The quantitative estimate of drug-likeness (QED) is 0.599. The van der Waals surface area contributed by atoms with Crippen LogP contribution < -0.4 is 0 Å². The Labute approximate surface area is 165 Å². The van der Waals surface area contributed by atoms with Gasteiger partial charge in [0.15, 0.2) is 0 Å². The first-order chi connectivity index (χ1) is 13.0. The Morgan fingerprint density at radius 3 is 2.44 bits per heavy atom. The van der Waals surface area contributed by atoms with E-state index >= 15 is 0 Å². The van der Waals surface area contributed by atoms with Gasteiger partial charge in [0, 0.05) is 11.3 Å². The van der Waals surface area contributed by atoms with Gasteiger partial charge in [-0.1, -0.05) is 73.6 Å². The van der Waals surface area contributed by atoms with Crippen LogP contribution in [0.5, 0.6) is 0 Å². The van der Waals surface area contributed by atoms with E-state index in [1.807, 2.05) is 49.4 Å². The number of hydrogen-bond acceptors (Lipinski definition) is 4. The number of aliphatic hydroxyl groups is 1. The number of carbonyl (C=O) groups is 1. The zero-order valence-corrected chi connectivity index (χ0v) is 16.7. The van der Waals surface area contributed by atoms with Gasteiger partial charge in [0.05, 0.1) is 0 Å². The van der Waals surface area contributed by atoms with Crippen molar-refractivity contribution in [1.29, 1.82) is 0 Å². The monoisotopic (exact) mass is 382 g/mol. The molecule has 1 aliphatic rings. The van der Waals surface area contributed by atoms with E-state index in [-0.39, 0.29) is 5.76 Å². The van der Waals surface area contributed by atoms with E-state index in [9.17, 15) is 9.90 Å². The molecule has 0 fully saturated rings. The van der Waals surface area contributed by atoms with E-state index in [0.717, 1.165) is 29.7 Å². The Morgan fingerprint density at radius 2 is 1.78 bits per heavy atom. The van der Waals surface area contributed by atoms with Gasteiger partial charge in [0.25, 0.3) is 0 Å². The highest BCUT2D eigenvalue weighted by atomic mass is 32.2. The topological polar surface area (TPSA) is 46.5 Å². The van der Waals surface area contributed by atoms with Gasteiger partial charge in [0.1, 0.15) is 16.3 Å². The fourth-order valence-corrected chi connectivity index (χ4v) is 4.45. The van der Waals surface area contributed by atoms with E-state index in [1.165, 1.54) is 17.3 Å². The number of carbonyl (C=O) groups excluding carboxylic acids is 1. The second-order valence-electron chi connectivity index (χ2n) is 7.13. The highest BCUT2D eigenvalue weighted by Crippen LogP contribution is 2.42. The van der Waals surface area contributed by atoms with Crippen LogP contribution in [0.2, 0.25) is 0 Å². The summed E-state index contributed by atoms with van der Waals surface area (Å²) in [6.45, 7) is 4.08. The van der Waals surface area contributed by atoms with Crippen molar-refractivity contribution < 1.29 is 14.6 Å². The number of cyclic esters (lactones) is 1. The van der Waals surface area contributed by atoms with Crippen molar-refractivity contribution in [2.75, 3.05) is 0 Å². The van der Waals surface area contributed by atoms with Crippen molar-refractivity contribution in [2.45, 2.75) is 56.4 Å². The molecule has 142 valence electrons. The van der Waals surface area contributed by atoms with E-state index in [2.05, 4.69) is 19.1 Å². The molecule has 1 unspecified atom stereocenters. The van der Waals surface area contributed by atoms with Crippen molar-refractivity contribution in [1.82, 2.24) is 0 Å². The van der Waals surface area contributed by atoms with Crippen LogP contribution in [0, 0.1) is 6.92 Å². The van der Waals surface area contributed by atoms with Crippen LogP contribution in [0.1, 0.15) is 43.7 Å². The molecule has 0 radical (unpaired) electrons. The van der Waals surface area contributed by atoms with Crippen LogP contribution in [0.4, 0.5) is 0 Å². The number of ether oxygens (including phenoxy) is 1. The molecule has 1 heterocycles. The lowest BCUT2D eigenvalue weighted by molar-refractivity contribution is -0.159. The van der Waals surface area contributed by atoms with Gasteiger partial charge < -0.3 is 9.84 Å². The summed E-state index contributed by atoms with van der Waals surface area (Å²) in [5.41, 5.74) is 1.67. The maximum atomic E-state index is 12.8. The highest BCUT2D eigenvalue weighted by Gasteiger charge is 2.41. The van der Waals surface area contributed by atoms with Crippen molar-refractivity contribution in [3.63, 3.8) is 0 Å². The summed E-state index contributed by atoms with van der Waals surface area (Å²) in [5, 5.41) is 10.7. The van der Waals surface area contributed by atoms with Crippen LogP contribution >= 0.6 is 11.8 Å². The molecular weight excluding hydrogens is 356 g/mol. The molecule has 3 nitrogen and oxygen atoms in total. The largest absolute Gasteiger partial charge is 0.511 e. The standard InChI is InChI=1S/C23H26O3S/c1-3-14-23(15-13-18-10-5-4-6-11-18)16-19(24)21(22(25)26-23)27-20-12-8-7-9-17(20)2/h4-12,24H,3,13-16H2,1-2H3. The summed E-state index contributed by atoms with van der Waals surface area (Å²) in [7, 11) is 0. The molecule has 1 N–H and O–H groups in total. The maximum Gasteiger partial charge on any atom is 0.349 e. The first-order valence-corrected chi connectivity index (χ1v) is 10.3. The molecule has 0 saturated heterocycles. The normalized spacial score (nSPS) is 19.9. The summed E-state index contributed by atoms with van der Waals surface area (Å²) in [5.74, 6) is -0.255. The van der Waals surface area contributed by atoms with Gasteiger partial charge in [-0.2, -0.15) is 0 Å². The number of aliphatic hydroxyl groups excluding tert-OH is 1. The van der Waals surface area contributed by atoms with Gasteiger partial charge in [-0.05, 0) is 43.4 Å². The van der Waals surface area contributed by atoms with Crippen molar-refractivity contribution in [3.8, 4) is 0 Å². The molecule has 0 aliphatic carbocycles. The minimum absolute atomic E-state index is 0.154. The second-order valence-corrected chi connectivity index (χ2v) is 8.18. The molecule has 0 spiro atoms. The molecule has 2 aromatic rings. The average Bonchev–Trinajstić information content (AvgIpc) is 2.66. The van der Waals surface area contributed by atoms with Gasteiger partial charge in [-0.25, -0.2) is 4.79 Å². The molecule has 0 aromatic heterocycles. The lowest BCUT2D eigenvalue weighted by Crippen LogP contribution is -2.40. The number of aryl methyl sites for hydroxylation is 2. The molecule has 1 atom stereocenters. The number of esters is 1. The highest BCUT2D eigenvalue weighted by molar-refractivity contribution is 8.04. The number of benzene rings is 2. The molecule has 4 heteroatoms. The Bertz CT molecular complexity index is 829. The van der Waals surface area contributed by atoms with Gasteiger partial charge >= 0.3 is 5.97 Å². The SMILES string of the molecule is CCCC1(CCc2ccccc2)CC(O)=C(Sc2ccccc2C)C(=O)O1. The maximum absolute atomic E-state index is 12.8. The molecule has 1 aliphatic heterocycles. The number of thioether (sulfide) groups is 1. The third kappa shape index (κ3) is 4.75. The van der Waals surface area contributed by atoms with E-state index in [0.29, 0.717) is 17.7 Å². The summed E-state index contributed by atoms with van der Waals surface area (Å²) in [6.07, 6.45) is 3.56. The van der Waals surface area contributed by atoms with Crippen LogP contribution in [-0.2, 0) is 16.0 Å². The van der Waals surface area contributed by atoms with E-state index < -0.39 is 11.6 Å². The van der Waals surface area contributed by atoms with Gasteiger partial charge in [-0.3, -0.25) is 0 Å². The van der Waals surface area contributed by atoms with Crippen LogP contribution in [0.3, 0.4) is 0 Å². The van der Waals surface area contributed by atoms with E-state index in [1.54, 1.807) is 0 Å². The van der Waals surface area contributed by atoms with Crippen LogP contribution in [-0.4, -0.2) is 16.7 Å². The fraction of sp³-hybridized carbons (Fsp3) is 0.348. The van der Waals surface area contributed by atoms with Crippen LogP contribution in [0.15, 0.2) is 70.2 Å². The minimum atomic E-state index is -0.623. The summed E-state index contributed by atoms with van der Waals surface area (Å²) in [6, 6.07) is 18.0. The van der Waals surface area contributed by atoms with Crippen molar-refractivity contribution in [3.05, 3.63) is 76.4 Å². The molecule has 0 amide bonds.